The largest absolute Gasteiger partial charge is 0.468 e. The quantitative estimate of drug-likeness (QED) is 0.710. The van der Waals surface area contributed by atoms with E-state index in [-0.39, 0.29) is 5.91 Å². The predicted octanol–water partition coefficient (Wildman–Crippen LogP) is 3.60. The van der Waals surface area contributed by atoms with Gasteiger partial charge in [-0.1, -0.05) is 0 Å². The summed E-state index contributed by atoms with van der Waals surface area (Å²) in [5, 5.41) is 0.327. The second-order valence-electron chi connectivity index (χ2n) is 5.42. The number of rotatable bonds is 2. The summed E-state index contributed by atoms with van der Waals surface area (Å²) in [6, 6.07) is 9.47. The molecule has 0 saturated carbocycles. The van der Waals surface area contributed by atoms with Crippen molar-refractivity contribution in [3.05, 3.63) is 47.9 Å². The Bertz CT molecular complexity index is 816. The first-order chi connectivity index (χ1) is 11.3. The SMILES string of the molecule is O=C(c1ccc2nsnc2c1)N1CCSC(c2ccco2)CC1. The van der Waals surface area contributed by atoms with E-state index >= 15 is 0 Å². The zero-order chi connectivity index (χ0) is 15.6. The number of hydrogen-bond donors (Lipinski definition) is 0. The fourth-order valence-electron chi connectivity index (χ4n) is 2.77. The topological polar surface area (TPSA) is 59.2 Å². The van der Waals surface area contributed by atoms with Gasteiger partial charge < -0.3 is 9.32 Å². The van der Waals surface area contributed by atoms with Crippen LogP contribution in [0, 0.1) is 0 Å². The molecule has 0 radical (unpaired) electrons. The molecular formula is C16H15N3O2S2. The fraction of sp³-hybridized carbons (Fsp3) is 0.312. The molecule has 1 atom stereocenters. The number of aromatic nitrogens is 2. The highest BCUT2D eigenvalue weighted by molar-refractivity contribution is 7.99. The van der Waals surface area contributed by atoms with Crippen molar-refractivity contribution in [3.63, 3.8) is 0 Å². The minimum atomic E-state index is 0.0700. The summed E-state index contributed by atoms with van der Waals surface area (Å²) in [7, 11) is 0. The second-order valence-corrected chi connectivity index (χ2v) is 7.26. The van der Waals surface area contributed by atoms with Crippen LogP contribution in [0.1, 0.15) is 27.8 Å². The third kappa shape index (κ3) is 2.98. The van der Waals surface area contributed by atoms with E-state index in [1.807, 2.05) is 47.0 Å². The highest BCUT2D eigenvalue weighted by Gasteiger charge is 2.24. The van der Waals surface area contributed by atoms with Crippen molar-refractivity contribution < 1.29 is 9.21 Å². The van der Waals surface area contributed by atoms with Crippen LogP contribution in [-0.2, 0) is 0 Å². The normalized spacial score (nSPS) is 19.0. The van der Waals surface area contributed by atoms with Gasteiger partial charge in [0.1, 0.15) is 16.8 Å². The fourth-order valence-corrected chi connectivity index (χ4v) is 4.47. The Hall–Kier alpha value is -1.86. The van der Waals surface area contributed by atoms with E-state index in [9.17, 15) is 4.79 Å². The lowest BCUT2D eigenvalue weighted by atomic mass is 10.1. The Morgan fingerprint density at radius 2 is 2.13 bits per heavy atom. The minimum Gasteiger partial charge on any atom is -0.468 e. The Balaban J connectivity index is 1.50. The van der Waals surface area contributed by atoms with Crippen LogP contribution in [0.15, 0.2) is 41.0 Å². The maximum atomic E-state index is 12.8. The molecular weight excluding hydrogens is 330 g/mol. The van der Waals surface area contributed by atoms with Crippen molar-refractivity contribution in [2.24, 2.45) is 0 Å². The molecule has 0 bridgehead atoms. The standard InChI is InChI=1S/C16H15N3O2S2/c20-16(11-3-4-12-13(10-11)18-23-17-12)19-6-5-15(22-9-7-19)14-2-1-8-21-14/h1-4,8,10,15H,5-7,9H2. The molecule has 5 nitrogen and oxygen atoms in total. The van der Waals surface area contributed by atoms with Crippen molar-refractivity contribution in [2.45, 2.75) is 11.7 Å². The molecule has 4 rings (SSSR count). The zero-order valence-electron chi connectivity index (χ0n) is 12.3. The smallest absolute Gasteiger partial charge is 0.253 e. The number of fused-ring (bicyclic) bond motifs is 1. The van der Waals surface area contributed by atoms with Gasteiger partial charge in [-0.25, -0.2) is 0 Å². The van der Waals surface area contributed by atoms with Crippen LogP contribution in [-0.4, -0.2) is 38.4 Å². The van der Waals surface area contributed by atoms with Crippen LogP contribution in [0.3, 0.4) is 0 Å². The highest BCUT2D eigenvalue weighted by Crippen LogP contribution is 2.34. The van der Waals surface area contributed by atoms with Gasteiger partial charge in [-0.2, -0.15) is 8.75 Å². The van der Waals surface area contributed by atoms with E-state index in [2.05, 4.69) is 8.75 Å². The first-order valence-electron chi connectivity index (χ1n) is 7.48. The van der Waals surface area contributed by atoms with E-state index in [0.29, 0.717) is 10.8 Å². The average molecular weight is 345 g/mol. The molecule has 0 aliphatic carbocycles. The van der Waals surface area contributed by atoms with E-state index in [4.69, 9.17) is 4.42 Å². The summed E-state index contributed by atoms with van der Waals surface area (Å²) in [6.45, 7) is 1.50. The van der Waals surface area contributed by atoms with Crippen LogP contribution in [0.4, 0.5) is 0 Å². The molecule has 1 aliphatic rings. The number of carbonyl (C=O) groups is 1. The number of benzene rings is 1. The van der Waals surface area contributed by atoms with Gasteiger partial charge in [0.2, 0.25) is 0 Å². The molecule has 3 heterocycles. The molecule has 1 aromatic carbocycles. The summed E-state index contributed by atoms with van der Waals surface area (Å²) >= 11 is 3.03. The lowest BCUT2D eigenvalue weighted by molar-refractivity contribution is 0.0766. The van der Waals surface area contributed by atoms with Crippen LogP contribution < -0.4 is 0 Å². The summed E-state index contributed by atoms with van der Waals surface area (Å²) in [6.07, 6.45) is 2.62. The lowest BCUT2D eigenvalue weighted by Gasteiger charge is -2.20. The molecule has 1 aliphatic heterocycles. The molecule has 1 saturated heterocycles. The van der Waals surface area contributed by atoms with Gasteiger partial charge in [0.25, 0.3) is 5.91 Å². The average Bonchev–Trinajstić information content (AvgIpc) is 3.21. The van der Waals surface area contributed by atoms with Crippen molar-refractivity contribution in [3.8, 4) is 0 Å². The van der Waals surface area contributed by atoms with Gasteiger partial charge >= 0.3 is 0 Å². The number of hydrogen-bond acceptors (Lipinski definition) is 6. The van der Waals surface area contributed by atoms with Gasteiger partial charge in [-0.15, -0.1) is 11.8 Å². The number of nitrogens with zero attached hydrogens (tertiary/aromatic N) is 3. The maximum absolute atomic E-state index is 12.8. The molecule has 2 aromatic heterocycles. The predicted molar refractivity (Wildman–Crippen MR) is 91.8 cm³/mol. The molecule has 118 valence electrons. The van der Waals surface area contributed by atoms with E-state index in [1.165, 1.54) is 11.7 Å². The third-order valence-electron chi connectivity index (χ3n) is 3.99. The van der Waals surface area contributed by atoms with Gasteiger partial charge in [0.15, 0.2) is 0 Å². The Labute approximate surface area is 142 Å². The Kier molecular flexibility index (Phi) is 4.05. The first-order valence-corrected chi connectivity index (χ1v) is 9.26. The number of amides is 1. The monoisotopic (exact) mass is 345 g/mol. The summed E-state index contributed by atoms with van der Waals surface area (Å²) in [5.74, 6) is 1.98. The second kappa shape index (κ2) is 6.33. The minimum absolute atomic E-state index is 0.0700. The van der Waals surface area contributed by atoms with Gasteiger partial charge in [-0.3, -0.25) is 4.79 Å². The maximum Gasteiger partial charge on any atom is 0.253 e. The summed E-state index contributed by atoms with van der Waals surface area (Å²) in [5.41, 5.74) is 2.32. The van der Waals surface area contributed by atoms with Crippen LogP contribution in [0.5, 0.6) is 0 Å². The molecule has 7 heteroatoms. The van der Waals surface area contributed by atoms with E-state index in [0.717, 1.165) is 42.1 Å². The number of carbonyl (C=O) groups excluding carboxylic acids is 1. The van der Waals surface area contributed by atoms with Crippen LogP contribution >= 0.6 is 23.5 Å². The van der Waals surface area contributed by atoms with Crippen molar-refractivity contribution in [1.29, 1.82) is 0 Å². The van der Waals surface area contributed by atoms with Crippen molar-refractivity contribution >= 4 is 40.4 Å². The Morgan fingerprint density at radius 1 is 1.22 bits per heavy atom. The summed E-state index contributed by atoms with van der Waals surface area (Å²) in [4.78, 5) is 14.7. The van der Waals surface area contributed by atoms with Crippen LogP contribution in [0.25, 0.3) is 11.0 Å². The lowest BCUT2D eigenvalue weighted by Crippen LogP contribution is -2.32. The molecule has 1 amide bonds. The molecule has 0 spiro atoms. The molecule has 3 aromatic rings. The van der Waals surface area contributed by atoms with Crippen molar-refractivity contribution in [1.82, 2.24) is 13.6 Å². The van der Waals surface area contributed by atoms with Gasteiger partial charge in [0.05, 0.1) is 23.2 Å². The van der Waals surface area contributed by atoms with E-state index in [1.54, 1.807) is 6.26 Å². The van der Waals surface area contributed by atoms with Crippen molar-refractivity contribution in [2.75, 3.05) is 18.8 Å². The Morgan fingerprint density at radius 3 is 3.00 bits per heavy atom. The van der Waals surface area contributed by atoms with Crippen LogP contribution in [0.2, 0.25) is 0 Å². The van der Waals surface area contributed by atoms with Gasteiger partial charge in [0, 0.05) is 24.4 Å². The molecule has 1 unspecified atom stereocenters. The van der Waals surface area contributed by atoms with E-state index < -0.39 is 0 Å². The first kappa shape index (κ1) is 14.7. The number of furan rings is 1. The molecule has 1 fully saturated rings. The van der Waals surface area contributed by atoms with Gasteiger partial charge in [-0.05, 0) is 36.8 Å². The molecule has 0 N–H and O–H groups in total. The third-order valence-corrected chi connectivity index (χ3v) is 5.84. The summed E-state index contributed by atoms with van der Waals surface area (Å²) < 4.78 is 13.9. The highest BCUT2D eigenvalue weighted by atomic mass is 32.2. The molecule has 23 heavy (non-hydrogen) atoms. The number of thioether (sulfide) groups is 1. The zero-order valence-corrected chi connectivity index (χ0v) is 14.0.